The Balaban J connectivity index is 1.83. The van der Waals surface area contributed by atoms with E-state index in [1.165, 1.54) is 7.05 Å². The molecule has 0 atom stereocenters. The molecular weight excluding hydrogens is 360 g/mol. The fourth-order valence-electron chi connectivity index (χ4n) is 2.20. The summed E-state index contributed by atoms with van der Waals surface area (Å²) in [6.07, 6.45) is 0. The van der Waals surface area contributed by atoms with E-state index in [0.29, 0.717) is 22.2 Å². The second-order valence-corrected chi connectivity index (χ2v) is 6.09. The molecule has 1 N–H and O–H groups in total. The van der Waals surface area contributed by atoms with Crippen molar-refractivity contribution >= 4 is 35.1 Å². The standard InChI is InChI=1S/C18H19ClN2O5/c1-11-8-13(12(2)26-11)18(24)25-10-17(23)21(3)9-16(22)20-15-7-5-4-6-14(15)19/h4-8H,9-10H2,1-3H3,(H,20,22). The van der Waals surface area contributed by atoms with Gasteiger partial charge in [-0.3, -0.25) is 9.59 Å². The minimum absolute atomic E-state index is 0.203. The first-order chi connectivity index (χ1) is 12.3. The number of hydrogen-bond donors (Lipinski definition) is 1. The van der Waals surface area contributed by atoms with E-state index in [0.717, 1.165) is 4.90 Å². The molecule has 0 saturated carbocycles. The van der Waals surface area contributed by atoms with Gasteiger partial charge in [0.1, 0.15) is 17.1 Å². The quantitative estimate of drug-likeness (QED) is 0.781. The summed E-state index contributed by atoms with van der Waals surface area (Å²) in [7, 11) is 1.44. The van der Waals surface area contributed by atoms with Crippen LogP contribution in [0.1, 0.15) is 21.9 Å². The number of anilines is 1. The van der Waals surface area contributed by atoms with Crippen LogP contribution in [-0.2, 0) is 14.3 Å². The largest absolute Gasteiger partial charge is 0.466 e. The van der Waals surface area contributed by atoms with E-state index in [1.807, 2.05) is 0 Å². The van der Waals surface area contributed by atoms with E-state index < -0.39 is 24.4 Å². The van der Waals surface area contributed by atoms with Crippen LogP contribution in [0, 0.1) is 13.8 Å². The summed E-state index contributed by atoms with van der Waals surface area (Å²) in [5, 5.41) is 3.01. The fraction of sp³-hybridized carbons (Fsp3) is 0.278. The summed E-state index contributed by atoms with van der Waals surface area (Å²) >= 11 is 5.96. The van der Waals surface area contributed by atoms with Crippen molar-refractivity contribution in [2.75, 3.05) is 25.5 Å². The van der Waals surface area contributed by atoms with Gasteiger partial charge < -0.3 is 19.4 Å². The van der Waals surface area contributed by atoms with E-state index >= 15 is 0 Å². The van der Waals surface area contributed by atoms with Gasteiger partial charge in [-0.05, 0) is 32.0 Å². The average molecular weight is 379 g/mol. The number of likely N-dealkylation sites (N-methyl/N-ethyl adjacent to an activating group) is 1. The highest BCUT2D eigenvalue weighted by atomic mass is 35.5. The lowest BCUT2D eigenvalue weighted by Crippen LogP contribution is -2.37. The monoisotopic (exact) mass is 378 g/mol. The number of para-hydroxylation sites is 1. The lowest BCUT2D eigenvalue weighted by molar-refractivity contribution is -0.136. The number of benzene rings is 1. The predicted octanol–water partition coefficient (Wildman–Crippen LogP) is 2.80. The Morgan fingerprint density at radius 3 is 2.54 bits per heavy atom. The molecule has 1 heterocycles. The minimum Gasteiger partial charge on any atom is -0.466 e. The molecule has 8 heteroatoms. The Labute approximate surface area is 155 Å². The summed E-state index contributed by atoms with van der Waals surface area (Å²) in [5.74, 6) is -0.574. The first-order valence-corrected chi connectivity index (χ1v) is 8.18. The highest BCUT2D eigenvalue weighted by Crippen LogP contribution is 2.20. The molecule has 0 unspecified atom stereocenters. The zero-order valence-electron chi connectivity index (χ0n) is 14.7. The van der Waals surface area contributed by atoms with Crippen LogP contribution in [0.3, 0.4) is 0 Å². The molecule has 0 saturated heterocycles. The molecule has 1 aromatic heterocycles. The Bertz CT molecular complexity index is 831. The number of halogens is 1. The number of furan rings is 1. The highest BCUT2D eigenvalue weighted by molar-refractivity contribution is 6.33. The molecule has 2 aromatic rings. The van der Waals surface area contributed by atoms with Gasteiger partial charge in [0.05, 0.1) is 17.3 Å². The lowest BCUT2D eigenvalue weighted by atomic mass is 10.2. The van der Waals surface area contributed by atoms with Crippen molar-refractivity contribution in [2.45, 2.75) is 13.8 Å². The van der Waals surface area contributed by atoms with Gasteiger partial charge in [0, 0.05) is 7.05 Å². The SMILES string of the molecule is Cc1cc(C(=O)OCC(=O)N(C)CC(=O)Nc2ccccc2Cl)c(C)o1. The summed E-state index contributed by atoms with van der Waals surface area (Å²) in [6.45, 7) is 2.67. The molecular formula is C18H19ClN2O5. The summed E-state index contributed by atoms with van der Waals surface area (Å²) in [6, 6.07) is 8.31. The Kier molecular flexibility index (Phi) is 6.41. The molecule has 26 heavy (non-hydrogen) atoms. The van der Waals surface area contributed by atoms with Gasteiger partial charge in [0.25, 0.3) is 5.91 Å². The van der Waals surface area contributed by atoms with Crippen LogP contribution in [0.15, 0.2) is 34.7 Å². The van der Waals surface area contributed by atoms with Crippen molar-refractivity contribution < 1.29 is 23.5 Å². The maximum atomic E-state index is 12.0. The zero-order chi connectivity index (χ0) is 19.3. The van der Waals surface area contributed by atoms with Crippen molar-refractivity contribution in [3.05, 3.63) is 52.4 Å². The molecule has 1 aromatic carbocycles. The number of hydrogen-bond acceptors (Lipinski definition) is 5. The Morgan fingerprint density at radius 2 is 1.92 bits per heavy atom. The van der Waals surface area contributed by atoms with Gasteiger partial charge in [0.15, 0.2) is 6.61 Å². The summed E-state index contributed by atoms with van der Waals surface area (Å²) in [5.41, 5.74) is 0.728. The van der Waals surface area contributed by atoms with E-state index in [2.05, 4.69) is 5.32 Å². The third-order valence-corrected chi connectivity index (χ3v) is 3.87. The molecule has 138 valence electrons. The van der Waals surface area contributed by atoms with Crippen molar-refractivity contribution in [3.63, 3.8) is 0 Å². The minimum atomic E-state index is -0.651. The number of carbonyl (C=O) groups is 3. The first kappa shape index (κ1) is 19.5. The number of nitrogens with one attached hydrogen (secondary N) is 1. The predicted molar refractivity (Wildman–Crippen MR) is 96.2 cm³/mol. The number of carbonyl (C=O) groups excluding carboxylic acids is 3. The van der Waals surface area contributed by atoms with Crippen molar-refractivity contribution in [2.24, 2.45) is 0 Å². The molecule has 2 rings (SSSR count). The topological polar surface area (TPSA) is 88.9 Å². The summed E-state index contributed by atoms with van der Waals surface area (Å²) in [4.78, 5) is 37.2. The van der Waals surface area contributed by atoms with Gasteiger partial charge in [-0.1, -0.05) is 23.7 Å². The normalized spacial score (nSPS) is 10.3. The smallest absolute Gasteiger partial charge is 0.342 e. The van der Waals surface area contributed by atoms with Crippen molar-refractivity contribution in [3.8, 4) is 0 Å². The van der Waals surface area contributed by atoms with Crippen LogP contribution in [0.4, 0.5) is 5.69 Å². The number of aryl methyl sites for hydroxylation is 2. The Morgan fingerprint density at radius 1 is 1.23 bits per heavy atom. The number of rotatable bonds is 6. The second-order valence-electron chi connectivity index (χ2n) is 5.68. The molecule has 0 aliphatic carbocycles. The first-order valence-electron chi connectivity index (χ1n) is 7.80. The molecule has 0 spiro atoms. The van der Waals surface area contributed by atoms with Crippen LogP contribution in [0.2, 0.25) is 5.02 Å². The van der Waals surface area contributed by atoms with E-state index in [-0.39, 0.29) is 12.1 Å². The molecule has 0 aliphatic heterocycles. The fourth-order valence-corrected chi connectivity index (χ4v) is 2.39. The van der Waals surface area contributed by atoms with Crippen LogP contribution >= 0.6 is 11.6 Å². The van der Waals surface area contributed by atoms with E-state index in [1.54, 1.807) is 44.2 Å². The second kappa shape index (κ2) is 8.53. The third-order valence-electron chi connectivity index (χ3n) is 3.54. The highest BCUT2D eigenvalue weighted by Gasteiger charge is 2.19. The maximum absolute atomic E-state index is 12.0. The van der Waals surface area contributed by atoms with E-state index in [4.69, 9.17) is 20.8 Å². The van der Waals surface area contributed by atoms with Crippen LogP contribution in [0.25, 0.3) is 0 Å². The number of nitrogens with zero attached hydrogens (tertiary/aromatic N) is 1. The third kappa shape index (κ3) is 5.10. The van der Waals surface area contributed by atoms with Crippen molar-refractivity contribution in [1.82, 2.24) is 4.90 Å². The van der Waals surface area contributed by atoms with Gasteiger partial charge in [-0.25, -0.2) is 4.79 Å². The summed E-state index contributed by atoms with van der Waals surface area (Å²) < 4.78 is 10.2. The van der Waals surface area contributed by atoms with Crippen LogP contribution in [-0.4, -0.2) is 42.9 Å². The molecule has 0 fully saturated rings. The zero-order valence-corrected chi connectivity index (χ0v) is 15.4. The number of amides is 2. The molecule has 0 radical (unpaired) electrons. The molecule has 7 nitrogen and oxygen atoms in total. The van der Waals surface area contributed by atoms with Crippen molar-refractivity contribution in [1.29, 1.82) is 0 Å². The molecule has 2 amide bonds. The van der Waals surface area contributed by atoms with Gasteiger partial charge in [0.2, 0.25) is 5.91 Å². The van der Waals surface area contributed by atoms with Gasteiger partial charge in [-0.2, -0.15) is 0 Å². The van der Waals surface area contributed by atoms with Crippen LogP contribution < -0.4 is 5.32 Å². The maximum Gasteiger partial charge on any atom is 0.342 e. The van der Waals surface area contributed by atoms with Crippen LogP contribution in [0.5, 0.6) is 0 Å². The average Bonchev–Trinajstić information content (AvgIpc) is 2.92. The number of esters is 1. The van der Waals surface area contributed by atoms with Gasteiger partial charge >= 0.3 is 5.97 Å². The lowest BCUT2D eigenvalue weighted by Gasteiger charge is -2.17. The molecule has 0 aliphatic rings. The molecule has 0 bridgehead atoms. The Hall–Kier alpha value is -2.80. The van der Waals surface area contributed by atoms with E-state index in [9.17, 15) is 14.4 Å². The van der Waals surface area contributed by atoms with Gasteiger partial charge in [-0.15, -0.1) is 0 Å². The number of ether oxygens (including phenoxy) is 1.